The minimum absolute atomic E-state index is 1.42. The SMILES string of the molecule is CON[C]=N. The van der Waals surface area contributed by atoms with E-state index in [0.717, 1.165) is 0 Å². The van der Waals surface area contributed by atoms with Crippen molar-refractivity contribution < 1.29 is 4.84 Å². The third kappa shape index (κ3) is 3.43. The molecule has 0 aromatic heterocycles. The fourth-order valence-corrected chi connectivity index (χ4v) is 0.0510. The van der Waals surface area contributed by atoms with Crippen molar-refractivity contribution in [1.82, 2.24) is 5.48 Å². The van der Waals surface area contributed by atoms with Gasteiger partial charge in [-0.15, -0.1) is 0 Å². The second-order valence-corrected chi connectivity index (χ2v) is 0.431. The zero-order chi connectivity index (χ0) is 4.12. The number of hydrogen-bond acceptors (Lipinski definition) is 2. The fourth-order valence-electron chi connectivity index (χ4n) is 0.0510. The van der Waals surface area contributed by atoms with Crippen LogP contribution in [0.2, 0.25) is 0 Å². The van der Waals surface area contributed by atoms with Crippen molar-refractivity contribution in [2.45, 2.75) is 0 Å². The van der Waals surface area contributed by atoms with Crippen LogP contribution in [0.5, 0.6) is 0 Å². The Labute approximate surface area is 30.4 Å². The van der Waals surface area contributed by atoms with Crippen LogP contribution in [0.1, 0.15) is 0 Å². The second kappa shape index (κ2) is 3.43. The first-order valence-electron chi connectivity index (χ1n) is 1.11. The molecule has 0 aliphatic rings. The van der Waals surface area contributed by atoms with Gasteiger partial charge in [0.25, 0.3) is 0 Å². The quantitative estimate of drug-likeness (QED) is 0.202. The van der Waals surface area contributed by atoms with E-state index < -0.39 is 0 Å². The van der Waals surface area contributed by atoms with Gasteiger partial charge >= 0.3 is 0 Å². The van der Waals surface area contributed by atoms with Crippen LogP contribution in [0.4, 0.5) is 0 Å². The van der Waals surface area contributed by atoms with E-state index in [9.17, 15) is 0 Å². The first kappa shape index (κ1) is 4.43. The number of nitrogens with one attached hydrogen (secondary N) is 2. The standard InChI is InChI=1S/C2H5N2O/c1-5-4-2-3/h1H3,(H2,3,4). The summed E-state index contributed by atoms with van der Waals surface area (Å²) in [5.41, 5.74) is 2.03. The van der Waals surface area contributed by atoms with Crippen molar-refractivity contribution in [2.24, 2.45) is 0 Å². The highest BCUT2D eigenvalue weighted by molar-refractivity contribution is 5.47. The fraction of sp³-hybridized carbons (Fsp3) is 0.500. The normalized spacial score (nSPS) is 6.60. The molecule has 29 valence electrons. The summed E-state index contributed by atoms with van der Waals surface area (Å²) < 4.78 is 0. The van der Waals surface area contributed by atoms with Crippen LogP contribution in [0.15, 0.2) is 0 Å². The Kier molecular flexibility index (Phi) is 3.04. The van der Waals surface area contributed by atoms with E-state index in [2.05, 4.69) is 4.84 Å². The van der Waals surface area contributed by atoms with E-state index in [0.29, 0.717) is 0 Å². The van der Waals surface area contributed by atoms with E-state index in [1.807, 2.05) is 5.48 Å². The van der Waals surface area contributed by atoms with Gasteiger partial charge in [-0.05, 0) is 0 Å². The molecule has 0 aliphatic carbocycles. The van der Waals surface area contributed by atoms with Crippen molar-refractivity contribution in [3.05, 3.63) is 0 Å². The molecular weight excluding hydrogens is 68.0 g/mol. The average Bonchev–Trinajstić information content (AvgIpc) is 1.41. The minimum atomic E-state index is 1.42. The minimum Gasteiger partial charge on any atom is -0.280 e. The molecule has 5 heavy (non-hydrogen) atoms. The number of rotatable bonds is 2. The van der Waals surface area contributed by atoms with E-state index in [-0.39, 0.29) is 0 Å². The predicted molar refractivity (Wildman–Crippen MR) is 17.9 cm³/mol. The first-order chi connectivity index (χ1) is 2.41. The summed E-state index contributed by atoms with van der Waals surface area (Å²) in [6.45, 7) is 0. The summed E-state index contributed by atoms with van der Waals surface area (Å²) in [7, 11) is 1.42. The Hall–Kier alpha value is -0.570. The molecule has 0 rings (SSSR count). The van der Waals surface area contributed by atoms with Crippen molar-refractivity contribution in [3.8, 4) is 0 Å². The molecule has 3 heteroatoms. The molecule has 2 N–H and O–H groups in total. The smallest absolute Gasteiger partial charge is 0.187 e. The van der Waals surface area contributed by atoms with Gasteiger partial charge in [-0.1, -0.05) is 0 Å². The van der Waals surface area contributed by atoms with Gasteiger partial charge in [-0.2, -0.15) is 0 Å². The molecule has 0 bridgehead atoms. The Morgan fingerprint density at radius 1 is 2.00 bits per heavy atom. The highest BCUT2D eigenvalue weighted by Crippen LogP contribution is 1.36. The Bertz CT molecular complexity index is 28.8. The molecule has 0 aliphatic heterocycles. The molecule has 1 radical (unpaired) electrons. The summed E-state index contributed by atoms with van der Waals surface area (Å²) in [4.78, 5) is 4.14. The van der Waals surface area contributed by atoms with Crippen LogP contribution in [0.25, 0.3) is 0 Å². The first-order valence-corrected chi connectivity index (χ1v) is 1.11. The van der Waals surface area contributed by atoms with Crippen LogP contribution >= 0.6 is 0 Å². The lowest BCUT2D eigenvalue weighted by molar-refractivity contribution is 0.148. The highest BCUT2D eigenvalue weighted by Gasteiger charge is 1.55. The van der Waals surface area contributed by atoms with Crippen molar-refractivity contribution >= 4 is 6.34 Å². The van der Waals surface area contributed by atoms with Gasteiger partial charge in [-0.3, -0.25) is 10.2 Å². The zero-order valence-electron chi connectivity index (χ0n) is 2.91. The van der Waals surface area contributed by atoms with Gasteiger partial charge in [0.2, 0.25) is 0 Å². The van der Waals surface area contributed by atoms with Gasteiger partial charge in [0.05, 0.1) is 7.11 Å². The van der Waals surface area contributed by atoms with Crippen LogP contribution in [0, 0.1) is 5.41 Å². The third-order valence-electron chi connectivity index (χ3n) is 0.153. The lowest BCUT2D eigenvalue weighted by Gasteiger charge is -1.82. The maximum absolute atomic E-state index is 6.12. The van der Waals surface area contributed by atoms with Crippen molar-refractivity contribution in [2.75, 3.05) is 7.11 Å². The Morgan fingerprint density at radius 3 is 2.60 bits per heavy atom. The van der Waals surface area contributed by atoms with Gasteiger partial charge in [-0.25, -0.2) is 5.48 Å². The molecule has 0 saturated carbocycles. The molecule has 0 heterocycles. The largest absolute Gasteiger partial charge is 0.280 e. The van der Waals surface area contributed by atoms with Crippen molar-refractivity contribution in [1.29, 1.82) is 5.41 Å². The maximum Gasteiger partial charge on any atom is 0.187 e. The highest BCUT2D eigenvalue weighted by atomic mass is 16.6. The van der Waals surface area contributed by atoms with Gasteiger partial charge in [0, 0.05) is 0 Å². The number of hydrogen-bond donors (Lipinski definition) is 2. The maximum atomic E-state index is 6.12. The van der Waals surface area contributed by atoms with Crippen LogP contribution < -0.4 is 5.48 Å². The molecule has 0 unspecified atom stereocenters. The average molecular weight is 73.1 g/mol. The van der Waals surface area contributed by atoms with Crippen molar-refractivity contribution in [3.63, 3.8) is 0 Å². The van der Waals surface area contributed by atoms with Crippen LogP contribution in [-0.2, 0) is 4.84 Å². The summed E-state index contributed by atoms with van der Waals surface area (Å²) in [6, 6.07) is 0. The predicted octanol–water partition coefficient (Wildman–Crippen LogP) is -0.379. The zero-order valence-corrected chi connectivity index (χ0v) is 2.91. The van der Waals surface area contributed by atoms with Gasteiger partial charge < -0.3 is 0 Å². The summed E-state index contributed by atoms with van der Waals surface area (Å²) >= 11 is 0. The van der Waals surface area contributed by atoms with Crippen LogP contribution in [-0.4, -0.2) is 13.4 Å². The van der Waals surface area contributed by atoms with Gasteiger partial charge in [0.1, 0.15) is 0 Å². The molecule has 0 spiro atoms. The molecule has 0 aromatic carbocycles. The van der Waals surface area contributed by atoms with E-state index in [1.165, 1.54) is 7.11 Å². The Balaban J connectivity index is 2.40. The van der Waals surface area contributed by atoms with Gasteiger partial charge in [0.15, 0.2) is 6.34 Å². The lowest BCUT2D eigenvalue weighted by atomic mass is 11.4. The third-order valence-corrected chi connectivity index (χ3v) is 0.153. The molecule has 0 fully saturated rings. The molecular formula is C2H5N2O. The number of hydroxylamine groups is 1. The summed E-state index contributed by atoms with van der Waals surface area (Å²) in [5.74, 6) is 0. The Morgan fingerprint density at radius 2 is 2.60 bits per heavy atom. The lowest BCUT2D eigenvalue weighted by Crippen LogP contribution is -2.05. The summed E-state index contributed by atoms with van der Waals surface area (Å²) in [6.07, 6.45) is 1.80. The van der Waals surface area contributed by atoms with E-state index in [1.54, 1.807) is 6.34 Å². The topological polar surface area (TPSA) is 45.1 Å². The van der Waals surface area contributed by atoms with E-state index in [4.69, 9.17) is 5.41 Å². The summed E-state index contributed by atoms with van der Waals surface area (Å²) in [5, 5.41) is 6.12. The molecule has 0 amide bonds. The monoisotopic (exact) mass is 73.0 g/mol. The molecule has 0 aromatic rings. The molecule has 3 nitrogen and oxygen atoms in total. The second-order valence-electron chi connectivity index (χ2n) is 0.431. The van der Waals surface area contributed by atoms with E-state index >= 15 is 0 Å². The molecule has 0 atom stereocenters. The van der Waals surface area contributed by atoms with Crippen LogP contribution in [0.3, 0.4) is 0 Å². The molecule has 0 saturated heterocycles.